The second kappa shape index (κ2) is 11.9. The zero-order chi connectivity index (χ0) is 31.8. The molecular formula is C36H32N2O7. The molecule has 4 aromatic rings. The van der Waals surface area contributed by atoms with Gasteiger partial charge < -0.3 is 19.5 Å². The Hall–Kier alpha value is -5.44. The molecule has 9 nitrogen and oxygen atoms in total. The highest BCUT2D eigenvalue weighted by Gasteiger charge is 2.38. The van der Waals surface area contributed by atoms with Crippen molar-refractivity contribution in [2.75, 3.05) is 12.0 Å². The number of carbonyl (C=O) groups is 4. The van der Waals surface area contributed by atoms with Crippen LogP contribution in [-0.4, -0.2) is 46.9 Å². The van der Waals surface area contributed by atoms with Crippen molar-refractivity contribution >= 4 is 29.4 Å². The summed E-state index contributed by atoms with van der Waals surface area (Å²) in [7, 11) is 1.58. The molecule has 6 rings (SSSR count). The minimum Gasteiger partial charge on any atom is -0.493 e. The third-order valence-electron chi connectivity index (χ3n) is 8.40. The molecule has 0 fully saturated rings. The molecule has 2 atom stereocenters. The molecule has 0 aliphatic carbocycles. The van der Waals surface area contributed by atoms with Crippen molar-refractivity contribution in [2.24, 2.45) is 0 Å². The monoisotopic (exact) mass is 604 g/mol. The van der Waals surface area contributed by atoms with Crippen LogP contribution in [0.4, 0.5) is 5.69 Å². The van der Waals surface area contributed by atoms with E-state index in [0.29, 0.717) is 28.3 Å². The lowest BCUT2D eigenvalue weighted by molar-refractivity contribution is 0.0640. The molecule has 2 aliphatic heterocycles. The summed E-state index contributed by atoms with van der Waals surface area (Å²) in [6.45, 7) is 3.90. The number of carbonyl (C=O) groups excluding carboxylic acids is 3. The van der Waals surface area contributed by atoms with Gasteiger partial charge in [0.25, 0.3) is 17.7 Å². The third-order valence-corrected chi connectivity index (χ3v) is 8.40. The third kappa shape index (κ3) is 5.53. The topological polar surface area (TPSA) is 113 Å². The van der Waals surface area contributed by atoms with Crippen LogP contribution in [0.5, 0.6) is 11.5 Å². The van der Waals surface area contributed by atoms with Crippen LogP contribution >= 0.6 is 0 Å². The molecule has 228 valence electrons. The number of nitrogens with zero attached hydrogens (tertiary/aromatic N) is 2. The van der Waals surface area contributed by atoms with Crippen LogP contribution in [0.1, 0.15) is 84.4 Å². The van der Waals surface area contributed by atoms with Gasteiger partial charge in [-0.05, 0) is 79.8 Å². The van der Waals surface area contributed by atoms with E-state index in [1.165, 1.54) is 23.8 Å². The molecule has 2 aliphatic rings. The van der Waals surface area contributed by atoms with Gasteiger partial charge in [-0.15, -0.1) is 0 Å². The van der Waals surface area contributed by atoms with Crippen molar-refractivity contribution in [1.82, 2.24) is 4.90 Å². The van der Waals surface area contributed by atoms with Crippen LogP contribution in [0.3, 0.4) is 0 Å². The zero-order valence-corrected chi connectivity index (χ0v) is 25.2. The van der Waals surface area contributed by atoms with Gasteiger partial charge in [-0.25, -0.2) is 4.79 Å². The van der Waals surface area contributed by atoms with E-state index in [1.54, 1.807) is 30.2 Å². The van der Waals surface area contributed by atoms with Crippen molar-refractivity contribution in [1.29, 1.82) is 0 Å². The fraction of sp³-hybridized carbons (Fsp3) is 0.222. The van der Waals surface area contributed by atoms with E-state index in [1.807, 2.05) is 50.2 Å². The van der Waals surface area contributed by atoms with E-state index in [9.17, 15) is 24.3 Å². The normalized spacial score (nSPS) is 16.1. The van der Waals surface area contributed by atoms with Crippen LogP contribution in [0.25, 0.3) is 0 Å². The van der Waals surface area contributed by atoms with Crippen LogP contribution < -0.4 is 14.4 Å². The van der Waals surface area contributed by atoms with E-state index < -0.39 is 17.8 Å². The number of fused-ring (bicyclic) bond motifs is 2. The molecule has 3 amide bonds. The average molecular weight is 605 g/mol. The second-order valence-electron chi connectivity index (χ2n) is 11.3. The molecule has 0 saturated carbocycles. The number of carboxylic acids is 1. The Bertz CT molecular complexity index is 1830. The number of amides is 3. The Morgan fingerprint density at radius 2 is 1.58 bits per heavy atom. The lowest BCUT2D eigenvalue weighted by atomic mass is 10.0. The Labute approximate surface area is 260 Å². The lowest BCUT2D eigenvalue weighted by Gasteiger charge is -2.24. The predicted molar refractivity (Wildman–Crippen MR) is 167 cm³/mol. The number of methoxy groups -OCH3 is 1. The fourth-order valence-corrected chi connectivity index (χ4v) is 5.98. The molecule has 0 bridgehead atoms. The Balaban J connectivity index is 1.20. The summed E-state index contributed by atoms with van der Waals surface area (Å²) in [5.41, 5.74) is 3.96. The summed E-state index contributed by atoms with van der Waals surface area (Å²) < 4.78 is 11.9. The smallest absolute Gasteiger partial charge is 0.335 e. The van der Waals surface area contributed by atoms with Crippen molar-refractivity contribution < 1.29 is 33.8 Å². The largest absolute Gasteiger partial charge is 0.493 e. The summed E-state index contributed by atoms with van der Waals surface area (Å²) in [5.74, 6) is -1.34. The number of ether oxygens (including phenoxy) is 2. The maximum atomic E-state index is 13.8. The minimum absolute atomic E-state index is 0.0505. The van der Waals surface area contributed by atoms with E-state index in [-0.39, 0.29) is 41.3 Å². The molecule has 2 heterocycles. The lowest BCUT2D eigenvalue weighted by Crippen LogP contribution is -2.29. The van der Waals surface area contributed by atoms with Crippen molar-refractivity contribution in [2.45, 2.75) is 45.4 Å². The summed E-state index contributed by atoms with van der Waals surface area (Å²) in [4.78, 5) is 54.0. The van der Waals surface area contributed by atoms with Crippen LogP contribution in [0.2, 0.25) is 0 Å². The van der Waals surface area contributed by atoms with Crippen molar-refractivity contribution in [3.8, 4) is 11.5 Å². The molecule has 0 saturated heterocycles. The summed E-state index contributed by atoms with van der Waals surface area (Å²) in [6, 6.07) is 24.6. The van der Waals surface area contributed by atoms with Gasteiger partial charge in [-0.2, -0.15) is 0 Å². The first kappa shape index (κ1) is 29.6. The number of aryl methyl sites for hydroxylation is 1. The quantitative estimate of drug-likeness (QED) is 0.211. The molecule has 0 aromatic heterocycles. The highest BCUT2D eigenvalue weighted by atomic mass is 16.5. The number of benzene rings is 4. The maximum absolute atomic E-state index is 13.8. The summed E-state index contributed by atoms with van der Waals surface area (Å²) >= 11 is 0. The van der Waals surface area contributed by atoms with E-state index in [2.05, 4.69) is 12.1 Å². The molecule has 0 spiro atoms. The van der Waals surface area contributed by atoms with Gasteiger partial charge in [0.1, 0.15) is 0 Å². The number of carboxylic acid groups (broad SMARTS) is 1. The first-order chi connectivity index (χ1) is 21.7. The highest BCUT2D eigenvalue weighted by Crippen LogP contribution is 2.41. The van der Waals surface area contributed by atoms with Crippen LogP contribution in [0, 0.1) is 0 Å². The minimum atomic E-state index is -1.18. The van der Waals surface area contributed by atoms with Crippen molar-refractivity contribution in [3.05, 3.63) is 124 Å². The Morgan fingerprint density at radius 3 is 2.31 bits per heavy atom. The van der Waals surface area contributed by atoms with E-state index in [0.717, 1.165) is 23.3 Å². The standard InChI is InChI=1S/C36H32N2O7/c1-21(9-10-23-7-5-4-6-8-23)45-32-19-26(13-16-31(32)44-3)38-22(2)27-14-11-24(17-29(27)35(38)41)20-37-33(39)28-15-12-25(36(42)43)18-30(28)34(37)40/h4-8,11-19,21-22H,9-10,20H2,1-3H3,(H,42,43). The highest BCUT2D eigenvalue weighted by molar-refractivity contribution is 6.22. The first-order valence-electron chi connectivity index (χ1n) is 14.7. The van der Waals surface area contributed by atoms with Gasteiger partial charge in [0.2, 0.25) is 0 Å². The summed E-state index contributed by atoms with van der Waals surface area (Å²) in [6.07, 6.45) is 1.57. The van der Waals surface area contributed by atoms with Gasteiger partial charge in [-0.3, -0.25) is 19.3 Å². The summed E-state index contributed by atoms with van der Waals surface area (Å²) in [5, 5.41) is 9.29. The molecule has 0 radical (unpaired) electrons. The van der Waals surface area contributed by atoms with Crippen molar-refractivity contribution in [3.63, 3.8) is 0 Å². The zero-order valence-electron chi connectivity index (χ0n) is 25.2. The predicted octanol–water partition coefficient (Wildman–Crippen LogP) is 6.31. The second-order valence-corrected chi connectivity index (χ2v) is 11.3. The van der Waals surface area contributed by atoms with Gasteiger partial charge in [0.15, 0.2) is 11.5 Å². The number of rotatable bonds is 10. The fourth-order valence-electron chi connectivity index (χ4n) is 5.98. The molecule has 2 unspecified atom stereocenters. The molecule has 9 heteroatoms. The molecule has 45 heavy (non-hydrogen) atoms. The Morgan fingerprint density at radius 1 is 0.822 bits per heavy atom. The van der Waals surface area contributed by atoms with Gasteiger partial charge in [-0.1, -0.05) is 42.5 Å². The van der Waals surface area contributed by atoms with Crippen LogP contribution in [-0.2, 0) is 13.0 Å². The SMILES string of the molecule is COc1ccc(N2C(=O)c3cc(CN4C(=O)c5ccc(C(=O)O)cc5C4=O)ccc3C2C)cc1OC(C)CCc1ccccc1. The average Bonchev–Trinajstić information content (AvgIpc) is 3.43. The van der Waals surface area contributed by atoms with Gasteiger partial charge in [0.05, 0.1) is 42.5 Å². The first-order valence-corrected chi connectivity index (χ1v) is 14.7. The molecule has 1 N–H and O–H groups in total. The number of hydrogen-bond acceptors (Lipinski definition) is 6. The van der Waals surface area contributed by atoms with Crippen LogP contribution in [0.15, 0.2) is 84.9 Å². The Kier molecular flexibility index (Phi) is 7.85. The molecule has 4 aromatic carbocycles. The molecular weight excluding hydrogens is 572 g/mol. The number of imide groups is 1. The number of anilines is 1. The van der Waals surface area contributed by atoms with E-state index in [4.69, 9.17) is 9.47 Å². The maximum Gasteiger partial charge on any atom is 0.335 e. The van der Waals surface area contributed by atoms with E-state index >= 15 is 0 Å². The van der Waals surface area contributed by atoms with Gasteiger partial charge >= 0.3 is 5.97 Å². The van der Waals surface area contributed by atoms with Gasteiger partial charge in [0, 0.05) is 17.3 Å². The number of hydrogen-bond donors (Lipinski definition) is 1. The number of aromatic carboxylic acids is 1.